The van der Waals surface area contributed by atoms with Crippen LogP contribution < -0.4 is 5.14 Å². The lowest BCUT2D eigenvalue weighted by Gasteiger charge is -2.08. The lowest BCUT2D eigenvalue weighted by atomic mass is 10.1. The molecular weight excluding hydrogens is 247 g/mol. The zero-order valence-corrected chi connectivity index (χ0v) is 8.47. The second-order valence-corrected chi connectivity index (χ2v) is 4.51. The Bertz CT molecular complexity index is 522. The summed E-state index contributed by atoms with van der Waals surface area (Å²) in [5.41, 5.74) is -1.64. The van der Waals surface area contributed by atoms with Crippen LogP contribution in [0.15, 0.2) is 23.1 Å². The highest BCUT2D eigenvalue weighted by molar-refractivity contribution is 7.89. The quantitative estimate of drug-likeness (QED) is 0.803. The van der Waals surface area contributed by atoms with Crippen LogP contribution in [0.5, 0.6) is 0 Å². The van der Waals surface area contributed by atoms with Crippen LogP contribution in [0.3, 0.4) is 0 Å². The molecule has 1 rings (SSSR count). The molecule has 0 bridgehead atoms. The number of benzene rings is 1. The Morgan fingerprint density at radius 1 is 1.19 bits per heavy atom. The summed E-state index contributed by atoms with van der Waals surface area (Å²) in [4.78, 5) is 9.62. The third-order valence-corrected chi connectivity index (χ3v) is 2.61. The Labute approximate surface area is 88.9 Å². The molecule has 0 saturated carbocycles. The number of nitrogens with two attached hydrogens (primary N) is 1. The Morgan fingerprint density at radius 3 is 2.12 bits per heavy atom. The van der Waals surface area contributed by atoms with Gasteiger partial charge in [0.15, 0.2) is 0 Å². The van der Waals surface area contributed by atoms with E-state index in [0.29, 0.717) is 12.1 Å². The first-order valence-corrected chi connectivity index (χ1v) is 5.39. The third kappa shape index (κ3) is 2.80. The second-order valence-electron chi connectivity index (χ2n) is 2.95. The van der Waals surface area contributed by atoms with Crippen molar-refractivity contribution < 1.29 is 26.4 Å². The van der Waals surface area contributed by atoms with Gasteiger partial charge in [-0.1, -0.05) is 0 Å². The number of sulfonamides is 1. The van der Waals surface area contributed by atoms with Gasteiger partial charge in [-0.15, -0.1) is 0 Å². The highest BCUT2D eigenvalue weighted by atomic mass is 32.2. The molecule has 0 radical (unpaired) electrons. The molecule has 0 spiro atoms. The highest BCUT2D eigenvalue weighted by Gasteiger charge is 2.32. The SMILES string of the molecule is NS(=O)(=O)c1cc(C=O)cc(C(F)(F)F)c1. The maximum absolute atomic E-state index is 12.3. The molecule has 0 saturated heterocycles. The molecule has 1 aromatic rings. The molecule has 4 nitrogen and oxygen atoms in total. The van der Waals surface area contributed by atoms with E-state index in [2.05, 4.69) is 5.14 Å². The summed E-state index contributed by atoms with van der Waals surface area (Å²) >= 11 is 0. The summed E-state index contributed by atoms with van der Waals surface area (Å²) < 4.78 is 58.7. The normalized spacial score (nSPS) is 12.5. The fourth-order valence-corrected chi connectivity index (χ4v) is 1.61. The van der Waals surface area contributed by atoms with Crippen LogP contribution in [0.2, 0.25) is 0 Å². The zero-order valence-electron chi connectivity index (χ0n) is 7.65. The van der Waals surface area contributed by atoms with Crippen LogP contribution in [-0.4, -0.2) is 14.7 Å². The predicted octanol–water partition coefficient (Wildman–Crippen LogP) is 1.17. The minimum Gasteiger partial charge on any atom is -0.298 e. The van der Waals surface area contributed by atoms with Gasteiger partial charge in [-0.05, 0) is 18.2 Å². The number of hydrogen-bond acceptors (Lipinski definition) is 3. The number of primary sulfonamides is 1. The fraction of sp³-hybridized carbons (Fsp3) is 0.125. The first-order chi connectivity index (χ1) is 7.14. The van der Waals surface area contributed by atoms with Crippen LogP contribution in [0.4, 0.5) is 13.2 Å². The monoisotopic (exact) mass is 253 g/mol. The van der Waals surface area contributed by atoms with Crippen molar-refractivity contribution in [3.63, 3.8) is 0 Å². The maximum Gasteiger partial charge on any atom is 0.416 e. The van der Waals surface area contributed by atoms with Crippen molar-refractivity contribution in [1.29, 1.82) is 0 Å². The molecule has 0 unspecified atom stereocenters. The minimum absolute atomic E-state index is 0.115. The van der Waals surface area contributed by atoms with Crippen molar-refractivity contribution in [2.45, 2.75) is 11.1 Å². The summed E-state index contributed by atoms with van der Waals surface area (Å²) in [5, 5.41) is 4.68. The van der Waals surface area contributed by atoms with E-state index in [1.165, 1.54) is 0 Å². The van der Waals surface area contributed by atoms with Gasteiger partial charge in [-0.3, -0.25) is 4.79 Å². The van der Waals surface area contributed by atoms with Crippen molar-refractivity contribution in [3.8, 4) is 0 Å². The van der Waals surface area contributed by atoms with E-state index >= 15 is 0 Å². The van der Waals surface area contributed by atoms with Gasteiger partial charge in [0, 0.05) is 5.56 Å². The summed E-state index contributed by atoms with van der Waals surface area (Å²) in [7, 11) is -4.28. The van der Waals surface area contributed by atoms with E-state index in [1.807, 2.05) is 0 Å². The molecule has 0 amide bonds. The highest BCUT2D eigenvalue weighted by Crippen LogP contribution is 2.31. The van der Waals surface area contributed by atoms with Gasteiger partial charge in [0.05, 0.1) is 10.5 Å². The molecule has 1 aromatic carbocycles. The van der Waals surface area contributed by atoms with E-state index in [0.717, 1.165) is 6.07 Å². The van der Waals surface area contributed by atoms with Gasteiger partial charge < -0.3 is 0 Å². The maximum atomic E-state index is 12.3. The average molecular weight is 253 g/mol. The van der Waals surface area contributed by atoms with Gasteiger partial charge in [0.2, 0.25) is 10.0 Å². The van der Waals surface area contributed by atoms with Crippen LogP contribution in [0.25, 0.3) is 0 Å². The molecule has 0 fully saturated rings. The lowest BCUT2D eigenvalue weighted by Crippen LogP contribution is -2.15. The Kier molecular flexibility index (Phi) is 3.06. The van der Waals surface area contributed by atoms with E-state index in [9.17, 15) is 26.4 Å². The number of rotatable bonds is 2. The van der Waals surface area contributed by atoms with Crippen molar-refractivity contribution in [2.75, 3.05) is 0 Å². The van der Waals surface area contributed by atoms with Crippen molar-refractivity contribution in [2.24, 2.45) is 5.14 Å². The molecule has 8 heteroatoms. The number of carbonyl (C=O) groups is 1. The second kappa shape index (κ2) is 3.87. The van der Waals surface area contributed by atoms with Crippen molar-refractivity contribution >= 4 is 16.3 Å². The molecule has 0 aromatic heterocycles. The van der Waals surface area contributed by atoms with Crippen molar-refractivity contribution in [3.05, 3.63) is 29.3 Å². The molecule has 88 valence electrons. The topological polar surface area (TPSA) is 77.2 Å². The Hall–Kier alpha value is -1.41. The lowest BCUT2D eigenvalue weighted by molar-refractivity contribution is -0.137. The molecule has 0 aliphatic carbocycles. The molecule has 0 aliphatic rings. The summed E-state index contributed by atoms with van der Waals surface area (Å²) in [5.74, 6) is 0. The summed E-state index contributed by atoms with van der Waals surface area (Å²) in [6.07, 6.45) is -4.62. The first-order valence-electron chi connectivity index (χ1n) is 3.85. The molecule has 0 atom stereocenters. The number of carbonyl (C=O) groups excluding carboxylic acids is 1. The minimum atomic E-state index is -4.74. The van der Waals surface area contributed by atoms with Crippen LogP contribution in [0.1, 0.15) is 15.9 Å². The van der Waals surface area contributed by atoms with Gasteiger partial charge in [-0.2, -0.15) is 13.2 Å². The Morgan fingerprint density at radius 2 is 1.75 bits per heavy atom. The van der Waals surface area contributed by atoms with Gasteiger partial charge in [0.1, 0.15) is 6.29 Å². The van der Waals surface area contributed by atoms with Gasteiger partial charge in [-0.25, -0.2) is 13.6 Å². The van der Waals surface area contributed by atoms with Crippen LogP contribution in [0, 0.1) is 0 Å². The van der Waals surface area contributed by atoms with E-state index in [1.54, 1.807) is 0 Å². The first kappa shape index (κ1) is 12.7. The summed E-state index contributed by atoms with van der Waals surface area (Å²) in [6.45, 7) is 0. The molecular formula is C8H6F3NO3S. The molecule has 2 N–H and O–H groups in total. The van der Waals surface area contributed by atoms with Gasteiger partial charge in [0.25, 0.3) is 0 Å². The number of halogens is 3. The smallest absolute Gasteiger partial charge is 0.298 e. The predicted molar refractivity (Wildman–Crippen MR) is 48.2 cm³/mol. The zero-order chi connectivity index (χ0) is 12.6. The molecule has 0 aliphatic heterocycles. The number of hydrogen-bond donors (Lipinski definition) is 1. The number of aldehydes is 1. The summed E-state index contributed by atoms with van der Waals surface area (Å²) in [6, 6.07) is 1.70. The standard InChI is InChI=1S/C8H6F3NO3S/c9-8(10,11)6-1-5(4-13)2-7(3-6)16(12,14)15/h1-4H,(H2,12,14,15). The van der Waals surface area contributed by atoms with Crippen LogP contribution in [-0.2, 0) is 16.2 Å². The van der Waals surface area contributed by atoms with Crippen LogP contribution >= 0.6 is 0 Å². The van der Waals surface area contributed by atoms with E-state index in [4.69, 9.17) is 0 Å². The fourth-order valence-electron chi connectivity index (χ4n) is 1.02. The average Bonchev–Trinajstić information content (AvgIpc) is 2.14. The van der Waals surface area contributed by atoms with Crippen molar-refractivity contribution in [1.82, 2.24) is 0 Å². The molecule has 0 heterocycles. The van der Waals surface area contributed by atoms with E-state index in [-0.39, 0.29) is 6.29 Å². The Balaban J connectivity index is 3.51. The number of alkyl halides is 3. The third-order valence-electron chi connectivity index (χ3n) is 1.72. The van der Waals surface area contributed by atoms with Gasteiger partial charge >= 0.3 is 6.18 Å². The largest absolute Gasteiger partial charge is 0.416 e. The molecule has 16 heavy (non-hydrogen) atoms. The van der Waals surface area contributed by atoms with E-state index < -0.39 is 32.2 Å².